The lowest BCUT2D eigenvalue weighted by Crippen LogP contribution is -2.39. The van der Waals surface area contributed by atoms with Crippen LogP contribution in [-0.2, 0) is 7.05 Å². The number of aromatic nitrogens is 2. The predicted octanol–water partition coefficient (Wildman–Crippen LogP) is 2.41. The SMILES string of the molecule is CCC(C)N1CCC(c2cc(OC)nn2C)CC1. The molecule has 0 aliphatic carbocycles. The molecule has 0 amide bonds. The minimum absolute atomic E-state index is 0.631. The van der Waals surface area contributed by atoms with Crippen molar-refractivity contribution in [2.75, 3.05) is 20.2 Å². The van der Waals surface area contributed by atoms with Crippen molar-refractivity contribution in [3.05, 3.63) is 11.8 Å². The monoisotopic (exact) mass is 251 g/mol. The van der Waals surface area contributed by atoms with Crippen LogP contribution in [-0.4, -0.2) is 40.9 Å². The quantitative estimate of drug-likeness (QED) is 0.823. The normalized spacial score (nSPS) is 20.0. The van der Waals surface area contributed by atoms with E-state index in [1.807, 2.05) is 11.7 Å². The summed E-state index contributed by atoms with van der Waals surface area (Å²) in [4.78, 5) is 2.60. The van der Waals surface area contributed by atoms with E-state index in [1.54, 1.807) is 7.11 Å². The molecule has 0 spiro atoms. The Morgan fingerprint density at radius 2 is 2.11 bits per heavy atom. The largest absolute Gasteiger partial charge is 0.480 e. The van der Waals surface area contributed by atoms with Crippen molar-refractivity contribution in [3.63, 3.8) is 0 Å². The number of rotatable bonds is 4. The molecule has 102 valence electrons. The summed E-state index contributed by atoms with van der Waals surface area (Å²) in [5.41, 5.74) is 1.32. The van der Waals surface area contributed by atoms with Gasteiger partial charge in [0.15, 0.2) is 0 Å². The lowest BCUT2D eigenvalue weighted by molar-refractivity contribution is 0.156. The standard InChI is InChI=1S/C14H25N3O/c1-5-11(2)17-8-6-12(7-9-17)13-10-14(18-4)15-16(13)3/h10-12H,5-9H2,1-4H3. The molecule has 4 heteroatoms. The van der Waals surface area contributed by atoms with Crippen LogP contribution in [0.4, 0.5) is 0 Å². The van der Waals surface area contributed by atoms with Gasteiger partial charge >= 0.3 is 0 Å². The summed E-state index contributed by atoms with van der Waals surface area (Å²) >= 11 is 0. The second-order valence-electron chi connectivity index (χ2n) is 5.30. The van der Waals surface area contributed by atoms with Gasteiger partial charge in [0.05, 0.1) is 7.11 Å². The summed E-state index contributed by atoms with van der Waals surface area (Å²) in [6.45, 7) is 7.00. The summed E-state index contributed by atoms with van der Waals surface area (Å²) in [5.74, 6) is 1.36. The van der Waals surface area contributed by atoms with Crippen LogP contribution in [0.3, 0.4) is 0 Å². The smallest absolute Gasteiger partial charge is 0.232 e. The summed E-state index contributed by atoms with van der Waals surface area (Å²) in [6, 6.07) is 2.80. The molecule has 0 aromatic carbocycles. The lowest BCUT2D eigenvalue weighted by Gasteiger charge is -2.35. The Morgan fingerprint density at radius 1 is 1.44 bits per heavy atom. The number of hydrogen-bond acceptors (Lipinski definition) is 3. The summed E-state index contributed by atoms with van der Waals surface area (Å²) in [7, 11) is 3.69. The van der Waals surface area contributed by atoms with Gasteiger partial charge < -0.3 is 9.64 Å². The van der Waals surface area contributed by atoms with Crippen molar-refractivity contribution in [1.82, 2.24) is 14.7 Å². The van der Waals surface area contributed by atoms with E-state index < -0.39 is 0 Å². The van der Waals surface area contributed by atoms with Crippen LogP contribution < -0.4 is 4.74 Å². The molecule has 1 aromatic heterocycles. The van der Waals surface area contributed by atoms with Gasteiger partial charge in [-0.05, 0) is 39.3 Å². The second-order valence-corrected chi connectivity index (χ2v) is 5.30. The molecule has 1 aromatic rings. The van der Waals surface area contributed by atoms with E-state index in [4.69, 9.17) is 4.74 Å². The summed E-state index contributed by atoms with van der Waals surface area (Å²) < 4.78 is 7.18. The van der Waals surface area contributed by atoms with Crippen molar-refractivity contribution in [2.24, 2.45) is 7.05 Å². The molecule has 18 heavy (non-hydrogen) atoms. The number of piperidine rings is 1. The fourth-order valence-corrected chi connectivity index (χ4v) is 2.83. The average molecular weight is 251 g/mol. The minimum atomic E-state index is 0.631. The number of likely N-dealkylation sites (tertiary alicyclic amines) is 1. The Morgan fingerprint density at radius 3 is 2.61 bits per heavy atom. The molecule has 0 bridgehead atoms. The number of hydrogen-bond donors (Lipinski definition) is 0. The first kappa shape index (κ1) is 13.4. The Hall–Kier alpha value is -1.03. The number of aryl methyl sites for hydroxylation is 1. The zero-order valence-electron chi connectivity index (χ0n) is 12.0. The Balaban J connectivity index is 1.98. The molecule has 1 saturated heterocycles. The fourth-order valence-electron chi connectivity index (χ4n) is 2.83. The molecule has 1 unspecified atom stereocenters. The molecule has 0 radical (unpaired) electrons. The van der Waals surface area contributed by atoms with Gasteiger partial charge in [0.25, 0.3) is 0 Å². The van der Waals surface area contributed by atoms with E-state index in [9.17, 15) is 0 Å². The lowest BCUT2D eigenvalue weighted by atomic mass is 9.92. The minimum Gasteiger partial charge on any atom is -0.480 e. The van der Waals surface area contributed by atoms with Crippen LogP contribution in [0, 0.1) is 0 Å². The molecular formula is C14H25N3O. The third-order valence-corrected chi connectivity index (χ3v) is 4.26. The fraction of sp³-hybridized carbons (Fsp3) is 0.786. The van der Waals surface area contributed by atoms with E-state index in [0.717, 1.165) is 5.88 Å². The number of nitrogens with zero attached hydrogens (tertiary/aromatic N) is 3. The van der Waals surface area contributed by atoms with Crippen LogP contribution in [0.5, 0.6) is 5.88 Å². The van der Waals surface area contributed by atoms with Gasteiger partial charge in [-0.1, -0.05) is 6.92 Å². The molecule has 1 aliphatic heterocycles. The van der Waals surface area contributed by atoms with Crippen molar-refractivity contribution in [3.8, 4) is 5.88 Å². The van der Waals surface area contributed by atoms with Crippen molar-refractivity contribution >= 4 is 0 Å². The highest BCUT2D eigenvalue weighted by Gasteiger charge is 2.25. The van der Waals surface area contributed by atoms with Crippen molar-refractivity contribution in [1.29, 1.82) is 0 Å². The first-order valence-corrected chi connectivity index (χ1v) is 6.97. The molecule has 0 N–H and O–H groups in total. The van der Waals surface area contributed by atoms with Crippen molar-refractivity contribution in [2.45, 2.75) is 45.1 Å². The van der Waals surface area contributed by atoms with Gasteiger partial charge in [0.2, 0.25) is 5.88 Å². The summed E-state index contributed by atoms with van der Waals surface area (Å²) in [6.07, 6.45) is 3.70. The van der Waals surface area contributed by atoms with Gasteiger partial charge in [0, 0.05) is 30.8 Å². The van der Waals surface area contributed by atoms with E-state index in [-0.39, 0.29) is 0 Å². The second kappa shape index (κ2) is 5.74. The average Bonchev–Trinajstić information content (AvgIpc) is 2.79. The first-order chi connectivity index (χ1) is 8.65. The maximum atomic E-state index is 5.20. The van der Waals surface area contributed by atoms with Crippen molar-refractivity contribution < 1.29 is 4.74 Å². The van der Waals surface area contributed by atoms with E-state index in [2.05, 4.69) is 29.9 Å². The van der Waals surface area contributed by atoms with Gasteiger partial charge in [-0.3, -0.25) is 4.68 Å². The Bertz CT molecular complexity index is 380. The Labute approximate surface area is 110 Å². The third-order valence-electron chi connectivity index (χ3n) is 4.26. The summed E-state index contributed by atoms with van der Waals surface area (Å²) in [5, 5.41) is 4.36. The van der Waals surface area contributed by atoms with E-state index in [0.29, 0.717) is 12.0 Å². The molecule has 1 atom stereocenters. The molecule has 0 saturated carbocycles. The van der Waals surface area contributed by atoms with Crippen LogP contribution >= 0.6 is 0 Å². The van der Waals surface area contributed by atoms with Gasteiger partial charge in [-0.2, -0.15) is 0 Å². The molecule has 1 fully saturated rings. The van der Waals surface area contributed by atoms with Crippen LogP contribution in [0.2, 0.25) is 0 Å². The van der Waals surface area contributed by atoms with Gasteiger partial charge in [-0.15, -0.1) is 5.10 Å². The highest BCUT2D eigenvalue weighted by atomic mass is 16.5. The predicted molar refractivity (Wildman–Crippen MR) is 73.1 cm³/mol. The highest BCUT2D eigenvalue weighted by molar-refractivity contribution is 5.19. The first-order valence-electron chi connectivity index (χ1n) is 6.97. The molecule has 1 aliphatic rings. The molecule has 2 rings (SSSR count). The van der Waals surface area contributed by atoms with Crippen LogP contribution in [0.1, 0.15) is 44.7 Å². The van der Waals surface area contributed by atoms with Gasteiger partial charge in [-0.25, -0.2) is 0 Å². The molecule has 4 nitrogen and oxygen atoms in total. The van der Waals surface area contributed by atoms with E-state index >= 15 is 0 Å². The van der Waals surface area contributed by atoms with E-state index in [1.165, 1.54) is 38.0 Å². The Kier molecular flexibility index (Phi) is 4.27. The van der Waals surface area contributed by atoms with Gasteiger partial charge in [0.1, 0.15) is 0 Å². The third kappa shape index (κ3) is 2.69. The maximum Gasteiger partial charge on any atom is 0.232 e. The number of ether oxygens (including phenoxy) is 1. The van der Waals surface area contributed by atoms with Crippen LogP contribution in [0.15, 0.2) is 6.07 Å². The maximum absolute atomic E-state index is 5.20. The highest BCUT2D eigenvalue weighted by Crippen LogP contribution is 2.30. The van der Waals surface area contributed by atoms with Crippen LogP contribution in [0.25, 0.3) is 0 Å². The number of methoxy groups -OCH3 is 1. The zero-order chi connectivity index (χ0) is 13.1. The molecule has 2 heterocycles. The topological polar surface area (TPSA) is 30.3 Å². The zero-order valence-corrected chi connectivity index (χ0v) is 12.0. The molecular weight excluding hydrogens is 226 g/mol.